The monoisotopic (exact) mass is 422 g/mol. The lowest BCUT2D eigenvalue weighted by Gasteiger charge is -2.13. The molecule has 9 heteroatoms. The molecule has 126 valence electrons. The van der Waals surface area contributed by atoms with Gasteiger partial charge in [-0.3, -0.25) is 10.1 Å². The van der Waals surface area contributed by atoms with Gasteiger partial charge in [0.15, 0.2) is 5.11 Å². The van der Waals surface area contributed by atoms with Crippen LogP contribution in [0.3, 0.4) is 0 Å². The maximum Gasteiger partial charge on any atom is 0.261 e. The van der Waals surface area contributed by atoms with Crippen molar-refractivity contribution in [2.45, 2.75) is 0 Å². The molecule has 0 bridgehead atoms. The number of carbonyl (C=O) groups excluding carboxylic acids is 1. The summed E-state index contributed by atoms with van der Waals surface area (Å²) < 4.78 is 5.13. The first-order valence-corrected chi connectivity index (χ1v) is 8.34. The number of benzene rings is 2. The molecule has 0 aliphatic heterocycles. The van der Waals surface area contributed by atoms with Gasteiger partial charge in [0.2, 0.25) is 0 Å². The molecular formula is C15H10Cl4N2O2S. The van der Waals surface area contributed by atoms with Crippen LogP contribution in [-0.4, -0.2) is 18.1 Å². The molecule has 2 aromatic carbocycles. The number of hydrogen-bond acceptors (Lipinski definition) is 3. The summed E-state index contributed by atoms with van der Waals surface area (Å²) in [6.45, 7) is 0. The smallest absolute Gasteiger partial charge is 0.261 e. The van der Waals surface area contributed by atoms with E-state index in [1.807, 2.05) is 0 Å². The van der Waals surface area contributed by atoms with Crippen LogP contribution in [0.2, 0.25) is 20.1 Å². The summed E-state index contributed by atoms with van der Waals surface area (Å²) >= 11 is 28.9. The first-order chi connectivity index (χ1) is 11.3. The van der Waals surface area contributed by atoms with Crippen LogP contribution in [0.15, 0.2) is 30.3 Å². The molecule has 2 rings (SSSR count). The Labute approximate surface area is 164 Å². The zero-order chi connectivity index (χ0) is 17.9. The van der Waals surface area contributed by atoms with Gasteiger partial charge in [-0.15, -0.1) is 0 Å². The number of carbonyl (C=O) groups is 1. The van der Waals surface area contributed by atoms with Crippen LogP contribution >= 0.6 is 58.6 Å². The van der Waals surface area contributed by atoms with Gasteiger partial charge in [0, 0.05) is 5.02 Å². The van der Waals surface area contributed by atoms with Crippen molar-refractivity contribution in [1.82, 2.24) is 5.32 Å². The van der Waals surface area contributed by atoms with Gasteiger partial charge in [-0.2, -0.15) is 0 Å². The number of rotatable bonds is 3. The first-order valence-electron chi connectivity index (χ1n) is 6.42. The van der Waals surface area contributed by atoms with Gasteiger partial charge in [-0.25, -0.2) is 0 Å². The Hall–Kier alpha value is -1.24. The molecule has 0 spiro atoms. The highest BCUT2D eigenvalue weighted by molar-refractivity contribution is 7.80. The van der Waals surface area contributed by atoms with Crippen molar-refractivity contribution in [2.75, 3.05) is 12.4 Å². The highest BCUT2D eigenvalue weighted by Gasteiger charge is 2.15. The number of halogens is 4. The average Bonchev–Trinajstić information content (AvgIpc) is 2.52. The fourth-order valence-corrected chi connectivity index (χ4v) is 2.77. The maximum absolute atomic E-state index is 12.3. The van der Waals surface area contributed by atoms with Gasteiger partial charge in [0.1, 0.15) is 5.75 Å². The topological polar surface area (TPSA) is 50.4 Å². The third-order valence-corrected chi connectivity index (χ3v) is 4.37. The van der Waals surface area contributed by atoms with Gasteiger partial charge in [-0.05, 0) is 42.5 Å². The van der Waals surface area contributed by atoms with Crippen molar-refractivity contribution in [2.24, 2.45) is 0 Å². The lowest BCUT2D eigenvalue weighted by molar-refractivity contribution is 0.0975. The summed E-state index contributed by atoms with van der Waals surface area (Å²) in [6, 6.07) is 7.65. The lowest BCUT2D eigenvalue weighted by Crippen LogP contribution is -2.34. The molecule has 24 heavy (non-hydrogen) atoms. The predicted molar refractivity (Wildman–Crippen MR) is 103 cm³/mol. The summed E-state index contributed by atoms with van der Waals surface area (Å²) in [4.78, 5) is 12.3. The van der Waals surface area contributed by atoms with Crippen LogP contribution in [0, 0.1) is 0 Å². The van der Waals surface area contributed by atoms with Crippen molar-refractivity contribution in [1.29, 1.82) is 0 Å². The van der Waals surface area contributed by atoms with E-state index in [0.29, 0.717) is 31.5 Å². The molecule has 0 aliphatic rings. The number of methoxy groups -OCH3 is 1. The van der Waals surface area contributed by atoms with E-state index >= 15 is 0 Å². The second-order valence-electron chi connectivity index (χ2n) is 4.50. The van der Waals surface area contributed by atoms with Crippen molar-refractivity contribution in [3.8, 4) is 5.75 Å². The van der Waals surface area contributed by atoms with E-state index in [4.69, 9.17) is 63.4 Å². The summed E-state index contributed by atoms with van der Waals surface area (Å²) in [5.74, 6) is -0.115. The van der Waals surface area contributed by atoms with Crippen molar-refractivity contribution >= 4 is 75.3 Å². The lowest BCUT2D eigenvalue weighted by atomic mass is 10.2. The summed E-state index contributed by atoms with van der Waals surface area (Å²) in [7, 11) is 1.45. The minimum Gasteiger partial charge on any atom is -0.496 e. The highest BCUT2D eigenvalue weighted by atomic mass is 35.5. The van der Waals surface area contributed by atoms with E-state index in [1.165, 1.54) is 25.3 Å². The third-order valence-electron chi connectivity index (χ3n) is 2.89. The second kappa shape index (κ2) is 8.23. The standard InChI is InChI=1S/C15H10Cl4N2O2S/c1-23-13-3-2-7(16)4-8(13)14(22)21-15(24)20-12-6-10(18)9(17)5-11(12)19/h2-6H,1H3,(H2,20,21,22,24). The molecule has 0 fully saturated rings. The SMILES string of the molecule is COc1ccc(Cl)cc1C(=O)NC(=S)Nc1cc(Cl)c(Cl)cc1Cl. The van der Waals surface area contributed by atoms with Gasteiger partial charge < -0.3 is 10.1 Å². The van der Waals surface area contributed by atoms with Crippen LogP contribution in [-0.2, 0) is 0 Å². The molecule has 0 atom stereocenters. The molecule has 0 aliphatic carbocycles. The molecule has 0 heterocycles. The van der Waals surface area contributed by atoms with E-state index in [1.54, 1.807) is 12.1 Å². The maximum atomic E-state index is 12.3. The number of nitrogens with one attached hydrogen (secondary N) is 2. The number of hydrogen-bond donors (Lipinski definition) is 2. The van der Waals surface area contributed by atoms with E-state index in [-0.39, 0.29) is 10.7 Å². The molecule has 0 saturated heterocycles. The molecule has 0 saturated carbocycles. The third kappa shape index (κ3) is 4.65. The first kappa shape index (κ1) is 19.1. The zero-order valence-electron chi connectivity index (χ0n) is 12.1. The fourth-order valence-electron chi connectivity index (χ4n) is 1.80. The molecule has 2 N–H and O–H groups in total. The normalized spacial score (nSPS) is 10.2. The molecule has 0 radical (unpaired) electrons. The Morgan fingerprint density at radius 2 is 1.71 bits per heavy atom. The van der Waals surface area contributed by atoms with Gasteiger partial charge in [-0.1, -0.05) is 46.4 Å². The molecule has 1 amide bonds. The Morgan fingerprint density at radius 3 is 2.38 bits per heavy atom. The minimum absolute atomic E-state index is 0.0299. The number of ether oxygens (including phenoxy) is 1. The summed E-state index contributed by atoms with van der Waals surface area (Å²) in [6.07, 6.45) is 0. The largest absolute Gasteiger partial charge is 0.496 e. The van der Waals surface area contributed by atoms with E-state index in [9.17, 15) is 4.79 Å². The second-order valence-corrected chi connectivity index (χ2v) is 6.57. The summed E-state index contributed by atoms with van der Waals surface area (Å²) in [5, 5.41) is 6.64. The Bertz CT molecular complexity index is 814. The molecule has 2 aromatic rings. The van der Waals surface area contributed by atoms with Crippen LogP contribution in [0.25, 0.3) is 0 Å². The van der Waals surface area contributed by atoms with Gasteiger partial charge in [0.05, 0.1) is 33.4 Å². The van der Waals surface area contributed by atoms with Crippen molar-refractivity contribution in [3.05, 3.63) is 56.0 Å². The van der Waals surface area contributed by atoms with E-state index in [2.05, 4.69) is 10.6 Å². The number of amides is 1. The Kier molecular flexibility index (Phi) is 6.54. The van der Waals surface area contributed by atoms with Gasteiger partial charge in [0.25, 0.3) is 5.91 Å². The zero-order valence-corrected chi connectivity index (χ0v) is 16.0. The molecule has 4 nitrogen and oxygen atoms in total. The van der Waals surface area contributed by atoms with Crippen LogP contribution in [0.5, 0.6) is 5.75 Å². The van der Waals surface area contributed by atoms with Crippen LogP contribution < -0.4 is 15.4 Å². The Balaban J connectivity index is 2.14. The van der Waals surface area contributed by atoms with Crippen molar-refractivity contribution < 1.29 is 9.53 Å². The number of anilines is 1. The Morgan fingerprint density at radius 1 is 1.04 bits per heavy atom. The average molecular weight is 424 g/mol. The van der Waals surface area contributed by atoms with Gasteiger partial charge >= 0.3 is 0 Å². The van der Waals surface area contributed by atoms with Crippen LogP contribution in [0.4, 0.5) is 5.69 Å². The molecular weight excluding hydrogens is 414 g/mol. The predicted octanol–water partition coefficient (Wildman–Crippen LogP) is 5.44. The molecule has 0 unspecified atom stereocenters. The summed E-state index contributed by atoms with van der Waals surface area (Å²) in [5.41, 5.74) is 0.656. The van der Waals surface area contributed by atoms with Crippen molar-refractivity contribution in [3.63, 3.8) is 0 Å². The quantitative estimate of drug-likeness (QED) is 0.510. The van der Waals surface area contributed by atoms with Crippen LogP contribution in [0.1, 0.15) is 10.4 Å². The molecule has 0 aromatic heterocycles. The minimum atomic E-state index is -0.483. The highest BCUT2D eigenvalue weighted by Crippen LogP contribution is 2.32. The number of thiocarbonyl (C=S) groups is 1. The van der Waals surface area contributed by atoms with E-state index < -0.39 is 5.91 Å². The fraction of sp³-hybridized carbons (Fsp3) is 0.0667. The van der Waals surface area contributed by atoms with E-state index in [0.717, 1.165) is 0 Å².